The molecule has 0 aliphatic carbocycles. The zero-order valence-corrected chi connectivity index (χ0v) is 16.8. The molecule has 0 radical (unpaired) electrons. The molecular weight excluding hydrogens is 364 g/mol. The second kappa shape index (κ2) is 10.7. The molecule has 0 saturated heterocycles. The van der Waals surface area contributed by atoms with Crippen LogP contribution in [0, 0.1) is 0 Å². The Bertz CT molecular complexity index is 912. The van der Waals surface area contributed by atoms with E-state index in [1.54, 1.807) is 13.3 Å². The van der Waals surface area contributed by atoms with Crippen molar-refractivity contribution in [2.24, 2.45) is 4.99 Å². The quantitative estimate of drug-likeness (QED) is 0.447. The van der Waals surface area contributed by atoms with Crippen LogP contribution in [0.15, 0.2) is 77.9 Å². The fourth-order valence-corrected chi connectivity index (χ4v) is 2.68. The van der Waals surface area contributed by atoms with E-state index in [2.05, 4.69) is 20.6 Å². The minimum atomic E-state index is 0.562. The number of para-hydroxylation sites is 2. The van der Waals surface area contributed by atoms with Gasteiger partial charge in [-0.3, -0.25) is 4.98 Å². The van der Waals surface area contributed by atoms with Crippen LogP contribution in [-0.4, -0.2) is 24.6 Å². The Morgan fingerprint density at radius 3 is 2.38 bits per heavy atom. The van der Waals surface area contributed by atoms with E-state index >= 15 is 0 Å². The van der Waals surface area contributed by atoms with Crippen LogP contribution in [0.1, 0.15) is 18.2 Å². The Morgan fingerprint density at radius 2 is 1.69 bits per heavy atom. The first kappa shape index (κ1) is 20.2. The molecule has 0 atom stereocenters. The third-order valence-corrected chi connectivity index (χ3v) is 4.15. The van der Waals surface area contributed by atoms with Crippen LogP contribution in [0.3, 0.4) is 0 Å². The minimum absolute atomic E-state index is 0.562. The molecule has 6 nitrogen and oxygen atoms in total. The summed E-state index contributed by atoms with van der Waals surface area (Å²) in [6, 6.07) is 21.3. The lowest BCUT2D eigenvalue weighted by molar-refractivity contribution is 0.379. The fourth-order valence-electron chi connectivity index (χ4n) is 2.68. The van der Waals surface area contributed by atoms with Gasteiger partial charge in [-0.25, -0.2) is 4.99 Å². The van der Waals surface area contributed by atoms with Crippen LogP contribution in [-0.2, 0) is 13.1 Å². The molecule has 0 fully saturated rings. The van der Waals surface area contributed by atoms with E-state index in [-0.39, 0.29) is 0 Å². The Balaban J connectivity index is 1.59. The maximum Gasteiger partial charge on any atom is 0.191 e. The summed E-state index contributed by atoms with van der Waals surface area (Å²) in [6.45, 7) is 4.02. The Morgan fingerprint density at radius 1 is 0.931 bits per heavy atom. The topological polar surface area (TPSA) is 67.8 Å². The summed E-state index contributed by atoms with van der Waals surface area (Å²) >= 11 is 0. The van der Waals surface area contributed by atoms with Gasteiger partial charge in [0.15, 0.2) is 17.5 Å². The number of aromatic nitrogens is 1. The number of hydrogen-bond acceptors (Lipinski definition) is 4. The molecule has 1 heterocycles. The van der Waals surface area contributed by atoms with Crippen molar-refractivity contribution in [3.63, 3.8) is 0 Å². The van der Waals surface area contributed by atoms with Gasteiger partial charge in [-0.2, -0.15) is 0 Å². The van der Waals surface area contributed by atoms with Crippen molar-refractivity contribution >= 4 is 5.96 Å². The number of pyridine rings is 1. The van der Waals surface area contributed by atoms with Gasteiger partial charge in [0.1, 0.15) is 5.75 Å². The number of ether oxygens (including phenoxy) is 2. The largest absolute Gasteiger partial charge is 0.493 e. The van der Waals surface area contributed by atoms with Crippen molar-refractivity contribution in [2.75, 3.05) is 13.7 Å². The summed E-state index contributed by atoms with van der Waals surface area (Å²) in [4.78, 5) is 8.96. The Kier molecular flexibility index (Phi) is 7.46. The average Bonchev–Trinajstić information content (AvgIpc) is 2.78. The van der Waals surface area contributed by atoms with E-state index < -0.39 is 0 Å². The highest BCUT2D eigenvalue weighted by molar-refractivity contribution is 5.79. The Labute approximate surface area is 171 Å². The third-order valence-electron chi connectivity index (χ3n) is 4.15. The van der Waals surface area contributed by atoms with Crippen molar-refractivity contribution in [1.29, 1.82) is 0 Å². The number of rotatable bonds is 8. The lowest BCUT2D eigenvalue weighted by atomic mass is 10.2. The highest BCUT2D eigenvalue weighted by Gasteiger charge is 2.04. The summed E-state index contributed by atoms with van der Waals surface area (Å²) in [5, 5.41) is 6.55. The van der Waals surface area contributed by atoms with E-state index in [0.29, 0.717) is 24.6 Å². The lowest BCUT2D eigenvalue weighted by Gasteiger charge is -2.11. The molecule has 0 spiro atoms. The summed E-state index contributed by atoms with van der Waals surface area (Å²) in [5.41, 5.74) is 2.06. The molecule has 6 heteroatoms. The Hall–Kier alpha value is -3.54. The number of hydrogen-bond donors (Lipinski definition) is 2. The predicted octanol–water partition coefficient (Wildman–Crippen LogP) is 4.14. The van der Waals surface area contributed by atoms with Crippen LogP contribution >= 0.6 is 0 Å². The van der Waals surface area contributed by atoms with Crippen molar-refractivity contribution in [1.82, 2.24) is 15.6 Å². The van der Waals surface area contributed by atoms with Gasteiger partial charge in [-0.15, -0.1) is 0 Å². The van der Waals surface area contributed by atoms with E-state index in [1.807, 2.05) is 73.7 Å². The van der Waals surface area contributed by atoms with E-state index in [0.717, 1.165) is 29.5 Å². The highest BCUT2D eigenvalue weighted by atomic mass is 16.5. The first-order valence-electron chi connectivity index (χ1n) is 9.60. The molecule has 0 saturated carbocycles. The zero-order valence-electron chi connectivity index (χ0n) is 16.8. The molecule has 0 amide bonds. The van der Waals surface area contributed by atoms with Gasteiger partial charge in [-0.05, 0) is 48.9 Å². The second-order valence-corrected chi connectivity index (χ2v) is 6.27. The molecule has 0 aliphatic rings. The number of aliphatic imine (C=N–C) groups is 1. The van der Waals surface area contributed by atoms with Gasteiger partial charge in [0.25, 0.3) is 0 Å². The maximum atomic E-state index is 5.91. The average molecular weight is 390 g/mol. The molecule has 0 unspecified atom stereocenters. The van der Waals surface area contributed by atoms with Crippen molar-refractivity contribution in [3.05, 3.63) is 84.2 Å². The summed E-state index contributed by atoms with van der Waals surface area (Å²) in [7, 11) is 1.63. The van der Waals surface area contributed by atoms with Crippen molar-refractivity contribution in [3.8, 4) is 17.2 Å². The molecule has 150 valence electrons. The SMILES string of the molecule is CCNC(=NCc1ccc(Oc2ccccc2OC)cc1)NCc1ccccn1. The molecule has 0 aliphatic heterocycles. The third kappa shape index (κ3) is 6.24. The van der Waals surface area contributed by atoms with Crippen LogP contribution in [0.2, 0.25) is 0 Å². The van der Waals surface area contributed by atoms with E-state index in [1.165, 1.54) is 0 Å². The highest BCUT2D eigenvalue weighted by Crippen LogP contribution is 2.30. The second-order valence-electron chi connectivity index (χ2n) is 6.27. The van der Waals surface area contributed by atoms with Crippen molar-refractivity contribution in [2.45, 2.75) is 20.0 Å². The number of guanidine groups is 1. The molecule has 2 N–H and O–H groups in total. The summed E-state index contributed by atoms with van der Waals surface area (Å²) in [6.07, 6.45) is 1.79. The van der Waals surface area contributed by atoms with Gasteiger partial charge in [0.05, 0.1) is 25.9 Å². The number of nitrogens with zero attached hydrogens (tertiary/aromatic N) is 2. The maximum absolute atomic E-state index is 5.91. The van der Waals surface area contributed by atoms with Gasteiger partial charge >= 0.3 is 0 Å². The molecule has 1 aromatic heterocycles. The predicted molar refractivity (Wildman–Crippen MR) is 115 cm³/mol. The van der Waals surface area contributed by atoms with Crippen molar-refractivity contribution < 1.29 is 9.47 Å². The van der Waals surface area contributed by atoms with Gasteiger partial charge in [-0.1, -0.05) is 30.3 Å². The molecule has 0 bridgehead atoms. The van der Waals surface area contributed by atoms with Crippen LogP contribution in [0.25, 0.3) is 0 Å². The van der Waals surface area contributed by atoms with Crippen LogP contribution in [0.5, 0.6) is 17.2 Å². The van der Waals surface area contributed by atoms with Crippen LogP contribution in [0.4, 0.5) is 0 Å². The molecule has 29 heavy (non-hydrogen) atoms. The van der Waals surface area contributed by atoms with Gasteiger partial charge < -0.3 is 20.1 Å². The fraction of sp³-hybridized carbons (Fsp3) is 0.217. The molecular formula is C23H26N4O2. The number of nitrogens with one attached hydrogen (secondary N) is 2. The first-order chi connectivity index (χ1) is 14.3. The molecule has 2 aromatic carbocycles. The number of benzene rings is 2. The van der Waals surface area contributed by atoms with E-state index in [9.17, 15) is 0 Å². The van der Waals surface area contributed by atoms with Gasteiger partial charge in [0, 0.05) is 12.7 Å². The smallest absolute Gasteiger partial charge is 0.191 e. The van der Waals surface area contributed by atoms with E-state index in [4.69, 9.17) is 9.47 Å². The number of methoxy groups -OCH3 is 1. The molecule has 3 aromatic rings. The summed E-state index contributed by atoms with van der Waals surface area (Å²) in [5.74, 6) is 2.90. The van der Waals surface area contributed by atoms with Crippen LogP contribution < -0.4 is 20.1 Å². The standard InChI is InChI=1S/C23H26N4O2/c1-3-24-23(27-17-19-8-6-7-15-25-19)26-16-18-11-13-20(14-12-18)29-22-10-5-4-9-21(22)28-2/h4-15H,3,16-17H2,1-2H3,(H2,24,26,27). The monoisotopic (exact) mass is 390 g/mol. The first-order valence-corrected chi connectivity index (χ1v) is 9.60. The van der Waals surface area contributed by atoms with Gasteiger partial charge in [0.2, 0.25) is 0 Å². The molecule has 3 rings (SSSR count). The normalized spacial score (nSPS) is 11.0. The summed E-state index contributed by atoms with van der Waals surface area (Å²) < 4.78 is 11.2. The minimum Gasteiger partial charge on any atom is -0.493 e. The lowest BCUT2D eigenvalue weighted by Crippen LogP contribution is -2.36. The zero-order chi connectivity index (χ0) is 20.3.